The highest BCUT2D eigenvalue weighted by molar-refractivity contribution is 7.16. The molecule has 7 nitrogen and oxygen atoms in total. The van der Waals surface area contributed by atoms with Crippen LogP contribution in [0.3, 0.4) is 0 Å². The minimum atomic E-state index is -0.338. The molecule has 0 fully saturated rings. The minimum Gasteiger partial charge on any atom is -0.465 e. The number of esters is 1. The van der Waals surface area contributed by atoms with Crippen molar-refractivity contribution >= 4 is 39.4 Å². The highest BCUT2D eigenvalue weighted by atomic mass is 32.1. The van der Waals surface area contributed by atoms with Gasteiger partial charge >= 0.3 is 5.97 Å². The van der Waals surface area contributed by atoms with E-state index < -0.39 is 0 Å². The van der Waals surface area contributed by atoms with Crippen LogP contribution in [0, 0.1) is 0 Å². The number of hydrogen-bond acceptors (Lipinski definition) is 6. The number of amides is 1. The second-order valence-corrected chi connectivity index (χ2v) is 8.36. The number of nitrogens with one attached hydrogen (secondary N) is 1. The van der Waals surface area contributed by atoms with E-state index in [-0.39, 0.29) is 17.8 Å². The lowest BCUT2D eigenvalue weighted by molar-refractivity contribution is -0.145. The van der Waals surface area contributed by atoms with Gasteiger partial charge in [0.15, 0.2) is 5.13 Å². The van der Waals surface area contributed by atoms with E-state index in [9.17, 15) is 9.59 Å². The van der Waals surface area contributed by atoms with Gasteiger partial charge < -0.3 is 4.74 Å². The van der Waals surface area contributed by atoms with Gasteiger partial charge in [-0.1, -0.05) is 18.2 Å². The van der Waals surface area contributed by atoms with Gasteiger partial charge in [-0.2, -0.15) is 0 Å². The molecule has 0 spiro atoms. The average Bonchev–Trinajstić information content (AvgIpc) is 3.47. The van der Waals surface area contributed by atoms with Crippen LogP contribution >= 0.6 is 11.3 Å². The van der Waals surface area contributed by atoms with Gasteiger partial charge in [-0.25, -0.2) is 9.97 Å². The zero-order chi connectivity index (χ0) is 21.4. The zero-order valence-corrected chi connectivity index (χ0v) is 17.7. The summed E-state index contributed by atoms with van der Waals surface area (Å²) in [6.45, 7) is 2.14. The summed E-state index contributed by atoms with van der Waals surface area (Å²) in [5, 5.41) is 3.36. The molecule has 2 aromatic heterocycles. The Hall–Kier alpha value is -3.52. The van der Waals surface area contributed by atoms with E-state index in [1.165, 1.54) is 11.3 Å². The van der Waals surface area contributed by atoms with Crippen molar-refractivity contribution in [2.24, 2.45) is 0 Å². The number of ether oxygens (including phenoxy) is 1. The maximum atomic E-state index is 12.8. The third-order valence-corrected chi connectivity index (χ3v) is 6.40. The van der Waals surface area contributed by atoms with E-state index in [1.807, 2.05) is 41.0 Å². The molecular formula is C23H20N4O3S. The molecule has 1 atom stereocenters. The van der Waals surface area contributed by atoms with E-state index in [0.29, 0.717) is 23.7 Å². The van der Waals surface area contributed by atoms with Gasteiger partial charge in [0, 0.05) is 16.1 Å². The Labute approximate surface area is 182 Å². The summed E-state index contributed by atoms with van der Waals surface area (Å²) in [6, 6.07) is 15.4. The van der Waals surface area contributed by atoms with Gasteiger partial charge in [-0.15, -0.1) is 11.3 Å². The molecule has 5 rings (SSSR count). The molecule has 0 saturated heterocycles. The molecule has 0 aliphatic heterocycles. The summed E-state index contributed by atoms with van der Waals surface area (Å²) in [4.78, 5) is 34.9. The number of aromatic nitrogens is 3. The number of carbonyl (C=O) groups is 2. The monoisotopic (exact) mass is 432 g/mol. The van der Waals surface area contributed by atoms with Crippen LogP contribution in [0.2, 0.25) is 0 Å². The smallest absolute Gasteiger partial charge is 0.315 e. The molecule has 0 saturated carbocycles. The van der Waals surface area contributed by atoms with E-state index in [0.717, 1.165) is 33.7 Å². The van der Waals surface area contributed by atoms with Gasteiger partial charge in [0.05, 0.1) is 23.3 Å². The quantitative estimate of drug-likeness (QED) is 0.475. The first-order valence-electron chi connectivity index (χ1n) is 10.1. The van der Waals surface area contributed by atoms with Crippen molar-refractivity contribution in [1.82, 2.24) is 14.5 Å². The van der Waals surface area contributed by atoms with Crippen LogP contribution in [0.5, 0.6) is 0 Å². The van der Waals surface area contributed by atoms with Crippen molar-refractivity contribution in [3.8, 4) is 5.69 Å². The Morgan fingerprint density at radius 3 is 2.87 bits per heavy atom. The molecule has 2 heterocycles. The first-order valence-corrected chi connectivity index (χ1v) is 11.0. The molecule has 1 aliphatic rings. The van der Waals surface area contributed by atoms with Crippen molar-refractivity contribution in [2.45, 2.75) is 25.7 Å². The zero-order valence-electron chi connectivity index (χ0n) is 16.9. The largest absolute Gasteiger partial charge is 0.465 e. The number of benzene rings is 2. The summed E-state index contributed by atoms with van der Waals surface area (Å²) >= 11 is 1.42. The van der Waals surface area contributed by atoms with Crippen molar-refractivity contribution in [3.63, 3.8) is 0 Å². The predicted molar refractivity (Wildman–Crippen MR) is 119 cm³/mol. The van der Waals surface area contributed by atoms with E-state index in [1.54, 1.807) is 25.4 Å². The van der Waals surface area contributed by atoms with E-state index >= 15 is 0 Å². The fraction of sp³-hybridized carbons (Fsp3) is 0.217. The summed E-state index contributed by atoms with van der Waals surface area (Å²) in [6.07, 6.45) is 3.24. The molecule has 1 N–H and O–H groups in total. The van der Waals surface area contributed by atoms with Crippen LogP contribution in [0.15, 0.2) is 54.9 Å². The van der Waals surface area contributed by atoms with Gasteiger partial charge in [-0.3, -0.25) is 19.5 Å². The second-order valence-electron chi connectivity index (χ2n) is 7.28. The third-order valence-electron chi connectivity index (χ3n) is 5.35. The molecule has 1 amide bonds. The van der Waals surface area contributed by atoms with Gasteiger partial charge in [0.25, 0.3) is 5.91 Å². The van der Waals surface area contributed by atoms with Crippen molar-refractivity contribution < 1.29 is 14.3 Å². The number of imidazole rings is 1. The summed E-state index contributed by atoms with van der Waals surface area (Å²) in [5.41, 5.74) is 3.91. The highest BCUT2D eigenvalue weighted by Crippen LogP contribution is 2.39. The van der Waals surface area contributed by atoms with Gasteiger partial charge in [0.1, 0.15) is 12.2 Å². The summed E-state index contributed by atoms with van der Waals surface area (Å²) in [5.74, 6) is -0.838. The average molecular weight is 433 g/mol. The topological polar surface area (TPSA) is 86.1 Å². The molecule has 31 heavy (non-hydrogen) atoms. The number of anilines is 1. The van der Waals surface area contributed by atoms with Crippen LogP contribution in [-0.2, 0) is 16.0 Å². The SMILES string of the molecule is CCOC(=O)[C@H]1CCc2sc(NC(=O)c3ccc4c(c3)ncn4-c3ccccc3)nc21. The van der Waals surface area contributed by atoms with E-state index in [2.05, 4.69) is 15.3 Å². The Balaban J connectivity index is 1.36. The van der Waals surface area contributed by atoms with Gasteiger partial charge in [0.2, 0.25) is 0 Å². The normalized spacial score (nSPS) is 15.1. The highest BCUT2D eigenvalue weighted by Gasteiger charge is 2.33. The van der Waals surface area contributed by atoms with E-state index in [4.69, 9.17) is 4.74 Å². The third kappa shape index (κ3) is 3.59. The molecule has 0 radical (unpaired) electrons. The number of fused-ring (bicyclic) bond motifs is 2. The number of rotatable bonds is 5. The van der Waals surface area contributed by atoms with Crippen LogP contribution in [0.25, 0.3) is 16.7 Å². The number of nitrogens with zero attached hydrogens (tertiary/aromatic N) is 3. The number of thiazole rings is 1. The number of aryl methyl sites for hydroxylation is 1. The lowest BCUT2D eigenvalue weighted by Crippen LogP contribution is -2.15. The van der Waals surface area contributed by atoms with Crippen LogP contribution in [0.1, 0.15) is 40.2 Å². The summed E-state index contributed by atoms with van der Waals surface area (Å²) in [7, 11) is 0. The van der Waals surface area contributed by atoms with Crippen LogP contribution < -0.4 is 5.32 Å². The number of hydrogen-bond donors (Lipinski definition) is 1. The molecule has 1 aliphatic carbocycles. The molecule has 2 aromatic carbocycles. The Morgan fingerprint density at radius 1 is 1.23 bits per heavy atom. The maximum Gasteiger partial charge on any atom is 0.315 e. The van der Waals surface area contributed by atoms with Crippen LogP contribution in [-0.4, -0.2) is 33.0 Å². The fourth-order valence-corrected chi connectivity index (χ4v) is 4.90. The molecule has 0 unspecified atom stereocenters. The number of para-hydroxylation sites is 1. The van der Waals surface area contributed by atoms with Crippen molar-refractivity contribution in [1.29, 1.82) is 0 Å². The first-order chi connectivity index (χ1) is 15.1. The Bertz CT molecular complexity index is 1280. The molecule has 156 valence electrons. The van der Waals surface area contributed by atoms with Crippen LogP contribution in [0.4, 0.5) is 5.13 Å². The summed E-state index contributed by atoms with van der Waals surface area (Å²) < 4.78 is 7.13. The lowest BCUT2D eigenvalue weighted by atomic mass is 10.1. The minimum absolute atomic E-state index is 0.246. The standard InChI is InChI=1S/C23H20N4O3S/c1-2-30-22(29)16-9-11-19-20(16)25-23(31-19)26-21(28)14-8-10-18-17(12-14)24-13-27(18)15-6-4-3-5-7-15/h3-8,10,12-13,16H,2,9,11H2,1H3,(H,25,26,28)/t16-/m0/s1. The fourth-order valence-electron chi connectivity index (χ4n) is 3.87. The molecule has 8 heteroatoms. The molecule has 0 bridgehead atoms. The maximum absolute atomic E-state index is 12.8. The van der Waals surface area contributed by atoms with Gasteiger partial charge in [-0.05, 0) is 50.1 Å². The Morgan fingerprint density at radius 2 is 2.06 bits per heavy atom. The Kier molecular flexibility index (Phi) is 4.99. The van der Waals surface area contributed by atoms with Crippen molar-refractivity contribution in [2.75, 3.05) is 11.9 Å². The first kappa shape index (κ1) is 19.4. The number of carbonyl (C=O) groups excluding carboxylic acids is 2. The van der Waals surface area contributed by atoms with Crippen molar-refractivity contribution in [3.05, 3.63) is 71.0 Å². The lowest BCUT2D eigenvalue weighted by Gasteiger charge is -2.08. The predicted octanol–water partition coefficient (Wildman–Crippen LogP) is 4.33. The molecular weight excluding hydrogens is 412 g/mol. The second kappa shape index (κ2) is 7.96. The molecule has 4 aromatic rings.